The Bertz CT molecular complexity index is 1280. The molecule has 2 heterocycles. The Hall–Kier alpha value is -3.53. The summed E-state index contributed by atoms with van der Waals surface area (Å²) in [6, 6.07) is 28.4. The molecule has 1 aromatic heterocycles. The van der Waals surface area contributed by atoms with Crippen molar-refractivity contribution in [2.75, 3.05) is 9.62 Å². The molecular formula is C28H29BN3+. The fourth-order valence-corrected chi connectivity index (χ4v) is 5.11. The summed E-state index contributed by atoms with van der Waals surface area (Å²) >= 11 is 0. The molecule has 3 nitrogen and oxygen atoms in total. The van der Waals surface area contributed by atoms with Crippen molar-refractivity contribution in [3.63, 3.8) is 0 Å². The molecule has 0 bridgehead atoms. The highest BCUT2D eigenvalue weighted by molar-refractivity contribution is 6.85. The van der Waals surface area contributed by atoms with Crippen LogP contribution in [0.25, 0.3) is 0 Å². The third kappa shape index (κ3) is 3.10. The van der Waals surface area contributed by atoms with E-state index < -0.39 is 0 Å². The van der Waals surface area contributed by atoms with Crippen molar-refractivity contribution in [3.05, 3.63) is 107 Å². The first kappa shape index (κ1) is 20.4. The van der Waals surface area contributed by atoms with Gasteiger partial charge in [-0.25, -0.2) is 4.57 Å². The van der Waals surface area contributed by atoms with Crippen molar-refractivity contribution in [2.24, 2.45) is 7.05 Å². The number of benzene rings is 3. The van der Waals surface area contributed by atoms with E-state index in [1.54, 1.807) is 0 Å². The van der Waals surface area contributed by atoms with E-state index in [1.807, 2.05) is 0 Å². The second-order valence-corrected chi connectivity index (χ2v) is 8.82. The first-order valence-electron chi connectivity index (χ1n) is 11.2. The first-order valence-corrected chi connectivity index (χ1v) is 11.2. The average molecular weight is 418 g/mol. The number of fused-ring (bicyclic) bond motifs is 1. The average Bonchev–Trinajstić information content (AvgIpc) is 3.14. The van der Waals surface area contributed by atoms with Crippen LogP contribution >= 0.6 is 0 Å². The molecule has 0 saturated carbocycles. The van der Waals surface area contributed by atoms with Crippen LogP contribution in [0.15, 0.2) is 85.1 Å². The molecule has 3 aromatic carbocycles. The molecule has 0 spiro atoms. The maximum Gasteiger partial charge on any atom is 0.542 e. The molecule has 1 aliphatic rings. The molecule has 0 amide bonds. The molecule has 32 heavy (non-hydrogen) atoms. The summed E-state index contributed by atoms with van der Waals surface area (Å²) in [6.45, 7) is 8.94. The Kier molecular flexibility index (Phi) is 5.01. The van der Waals surface area contributed by atoms with E-state index in [-0.39, 0.29) is 6.98 Å². The van der Waals surface area contributed by atoms with Crippen molar-refractivity contribution < 1.29 is 4.57 Å². The van der Waals surface area contributed by atoms with Crippen LogP contribution in [0.4, 0.5) is 22.9 Å². The van der Waals surface area contributed by atoms with E-state index in [0.717, 1.165) is 0 Å². The van der Waals surface area contributed by atoms with Gasteiger partial charge >= 0.3 is 6.98 Å². The monoisotopic (exact) mass is 418 g/mol. The van der Waals surface area contributed by atoms with Crippen LogP contribution in [0.1, 0.15) is 22.3 Å². The predicted octanol–water partition coefficient (Wildman–Crippen LogP) is 5.43. The summed E-state index contributed by atoms with van der Waals surface area (Å²) < 4.78 is 2.22. The summed E-state index contributed by atoms with van der Waals surface area (Å²) in [5.74, 6) is 1.17. The van der Waals surface area contributed by atoms with Crippen molar-refractivity contribution in [3.8, 4) is 0 Å². The molecule has 0 unspecified atom stereocenters. The molecule has 0 fully saturated rings. The van der Waals surface area contributed by atoms with E-state index in [0.29, 0.717) is 0 Å². The van der Waals surface area contributed by atoms with Crippen LogP contribution < -0.4 is 19.7 Å². The molecule has 0 saturated heterocycles. The lowest BCUT2D eigenvalue weighted by molar-refractivity contribution is -0.658. The van der Waals surface area contributed by atoms with Crippen LogP contribution in [0.2, 0.25) is 0 Å². The summed E-state index contributed by atoms with van der Waals surface area (Å²) in [5.41, 5.74) is 10.3. The predicted molar refractivity (Wildman–Crippen MR) is 136 cm³/mol. The lowest BCUT2D eigenvalue weighted by atomic mass is 9.61. The quantitative estimate of drug-likeness (QED) is 0.324. The van der Waals surface area contributed by atoms with Gasteiger partial charge in [0.1, 0.15) is 5.69 Å². The van der Waals surface area contributed by atoms with E-state index in [1.165, 1.54) is 50.6 Å². The fourth-order valence-electron chi connectivity index (χ4n) is 5.11. The highest BCUT2D eigenvalue weighted by Crippen LogP contribution is 2.49. The van der Waals surface area contributed by atoms with E-state index in [9.17, 15) is 0 Å². The van der Waals surface area contributed by atoms with Gasteiger partial charge in [0, 0.05) is 17.2 Å². The normalized spacial score (nSPS) is 13.0. The molecule has 158 valence electrons. The number of aryl methyl sites for hydroxylation is 5. The summed E-state index contributed by atoms with van der Waals surface area (Å²) in [4.78, 5) is 5.06. The Morgan fingerprint density at radius 3 is 1.81 bits per heavy atom. The maximum atomic E-state index is 2.53. The third-order valence-electron chi connectivity index (χ3n) is 6.63. The maximum absolute atomic E-state index is 2.53. The molecule has 4 heteroatoms. The van der Waals surface area contributed by atoms with Gasteiger partial charge in [-0.05, 0) is 68.1 Å². The van der Waals surface area contributed by atoms with Gasteiger partial charge in [0.2, 0.25) is 0 Å². The van der Waals surface area contributed by atoms with Crippen LogP contribution in [0.3, 0.4) is 0 Å². The molecule has 5 rings (SSSR count). The Labute approximate surface area is 191 Å². The minimum Gasteiger partial charge on any atom is -0.336 e. The minimum atomic E-state index is 0.0157. The Morgan fingerprint density at radius 2 is 1.19 bits per heavy atom. The zero-order valence-corrected chi connectivity index (χ0v) is 19.5. The van der Waals surface area contributed by atoms with Crippen molar-refractivity contribution in [1.29, 1.82) is 0 Å². The van der Waals surface area contributed by atoms with Crippen LogP contribution in [0.5, 0.6) is 0 Å². The number of aromatic nitrogens is 1. The zero-order valence-electron chi connectivity index (χ0n) is 19.5. The summed E-state index contributed by atoms with van der Waals surface area (Å²) in [5, 5.41) is 0. The number of hydrogen-bond acceptors (Lipinski definition) is 2. The van der Waals surface area contributed by atoms with Gasteiger partial charge < -0.3 is 4.81 Å². The first-order chi connectivity index (χ1) is 15.5. The lowest BCUT2D eigenvalue weighted by Crippen LogP contribution is -2.57. The van der Waals surface area contributed by atoms with Crippen molar-refractivity contribution in [1.82, 2.24) is 0 Å². The smallest absolute Gasteiger partial charge is 0.336 e. The van der Waals surface area contributed by atoms with Gasteiger partial charge in [0.25, 0.3) is 5.82 Å². The van der Waals surface area contributed by atoms with Gasteiger partial charge in [-0.2, -0.15) is 0 Å². The zero-order chi connectivity index (χ0) is 22.4. The molecule has 0 atom stereocenters. The van der Waals surface area contributed by atoms with Crippen LogP contribution in [0, 0.1) is 27.7 Å². The molecule has 0 radical (unpaired) electrons. The molecule has 1 aliphatic heterocycles. The Morgan fingerprint density at radius 1 is 0.594 bits per heavy atom. The number of pyridine rings is 1. The highest BCUT2D eigenvalue weighted by atomic mass is 15.3. The van der Waals surface area contributed by atoms with Crippen molar-refractivity contribution >= 4 is 35.3 Å². The number of rotatable bonds is 3. The highest BCUT2D eigenvalue weighted by Gasteiger charge is 2.53. The van der Waals surface area contributed by atoms with Crippen LogP contribution in [-0.2, 0) is 7.05 Å². The standard InChI is InChI=1S/C28H29BN3/c1-20-12-11-13-21(2)26(20)29-31(24-14-7-6-8-15-24)27-22(3)17-18-23(4)28(27)32(29)25-16-9-10-19-30(25)5/h6-19H,1-5H3/q+1. The topological polar surface area (TPSA) is 10.4 Å². The second kappa shape index (κ2) is 7.87. The Balaban J connectivity index is 1.90. The molecule has 0 N–H and O–H groups in total. The van der Waals surface area contributed by atoms with Gasteiger partial charge in [-0.1, -0.05) is 54.6 Å². The van der Waals surface area contributed by atoms with Gasteiger partial charge in [-0.3, -0.25) is 4.81 Å². The molecule has 0 aliphatic carbocycles. The van der Waals surface area contributed by atoms with E-state index in [4.69, 9.17) is 0 Å². The minimum absolute atomic E-state index is 0.0157. The van der Waals surface area contributed by atoms with Gasteiger partial charge in [0.15, 0.2) is 0 Å². The van der Waals surface area contributed by atoms with Crippen LogP contribution in [-0.4, -0.2) is 6.98 Å². The SMILES string of the molecule is Cc1cccc(C)c1B1N(c2ccccc2)c2c(C)ccc(C)c2N1c1cccc[n+]1C. The number of para-hydroxylation sites is 1. The van der Waals surface area contributed by atoms with E-state index in [2.05, 4.69) is 134 Å². The number of anilines is 4. The van der Waals surface area contributed by atoms with E-state index >= 15 is 0 Å². The second-order valence-electron chi connectivity index (χ2n) is 8.82. The number of hydrogen-bond donors (Lipinski definition) is 0. The fraction of sp³-hybridized carbons (Fsp3) is 0.179. The number of nitrogens with zero attached hydrogens (tertiary/aromatic N) is 3. The third-order valence-corrected chi connectivity index (χ3v) is 6.63. The largest absolute Gasteiger partial charge is 0.542 e. The van der Waals surface area contributed by atoms with Crippen molar-refractivity contribution in [2.45, 2.75) is 27.7 Å². The molecule has 4 aromatic rings. The summed E-state index contributed by atoms with van der Waals surface area (Å²) in [6.07, 6.45) is 2.13. The molecular weight excluding hydrogens is 389 g/mol. The van der Waals surface area contributed by atoms with Gasteiger partial charge in [-0.15, -0.1) is 0 Å². The lowest BCUT2D eigenvalue weighted by Gasteiger charge is -2.27. The summed E-state index contributed by atoms with van der Waals surface area (Å²) in [7, 11) is 2.13. The van der Waals surface area contributed by atoms with Gasteiger partial charge in [0.05, 0.1) is 18.9 Å².